The molecule has 0 amide bonds. The first-order chi connectivity index (χ1) is 3.68. The lowest BCUT2D eigenvalue weighted by molar-refractivity contribution is 0.694. The second-order valence-electron chi connectivity index (χ2n) is 1.76. The van der Waals surface area contributed by atoms with Crippen LogP contribution in [0.25, 0.3) is 0 Å². The van der Waals surface area contributed by atoms with Crippen molar-refractivity contribution >= 4 is 0 Å². The van der Waals surface area contributed by atoms with E-state index < -0.39 is 0 Å². The zero-order valence-corrected chi connectivity index (χ0v) is 4.93. The van der Waals surface area contributed by atoms with E-state index in [9.17, 15) is 0 Å². The molecule has 0 bridgehead atoms. The van der Waals surface area contributed by atoms with E-state index in [-0.39, 0.29) is 6.04 Å². The van der Waals surface area contributed by atoms with Crippen LogP contribution in [-0.2, 0) is 0 Å². The lowest BCUT2D eigenvalue weighted by atomic mass is 10.2. The molecule has 0 spiro atoms. The molecule has 1 atom stereocenters. The maximum atomic E-state index is 5.42. The summed E-state index contributed by atoms with van der Waals surface area (Å²) in [5, 5.41) is 0. The number of rotatable bonds is 3. The van der Waals surface area contributed by atoms with Gasteiger partial charge in [0, 0.05) is 11.7 Å². The predicted molar refractivity (Wildman–Crippen MR) is 35.0 cm³/mol. The molecule has 0 aliphatic rings. The van der Waals surface area contributed by atoms with Crippen LogP contribution in [-0.4, -0.2) is 12.6 Å². The van der Waals surface area contributed by atoms with Crippen molar-refractivity contribution in [2.24, 2.45) is 17.2 Å². The minimum absolute atomic E-state index is 0.125. The summed E-state index contributed by atoms with van der Waals surface area (Å²) in [5.74, 6) is 0. The molecule has 3 nitrogen and oxygen atoms in total. The molecule has 0 aromatic carbocycles. The first kappa shape index (κ1) is 7.46. The van der Waals surface area contributed by atoms with Crippen LogP contribution in [0.2, 0.25) is 0 Å². The number of hydrogen-bond donors (Lipinski definition) is 3. The van der Waals surface area contributed by atoms with Gasteiger partial charge in [-0.1, -0.05) is 6.58 Å². The molecule has 0 saturated heterocycles. The van der Waals surface area contributed by atoms with Gasteiger partial charge in [-0.05, 0) is 13.0 Å². The van der Waals surface area contributed by atoms with Crippen LogP contribution < -0.4 is 17.2 Å². The molecular formula is C5H13N3. The summed E-state index contributed by atoms with van der Waals surface area (Å²) in [4.78, 5) is 0. The van der Waals surface area contributed by atoms with Gasteiger partial charge in [0.1, 0.15) is 0 Å². The van der Waals surface area contributed by atoms with Gasteiger partial charge in [0.15, 0.2) is 0 Å². The average Bonchev–Trinajstić information content (AvgIpc) is 1.67. The van der Waals surface area contributed by atoms with Gasteiger partial charge in [-0.25, -0.2) is 0 Å². The Bertz CT molecular complexity index is 79.7. The van der Waals surface area contributed by atoms with Gasteiger partial charge in [-0.15, -0.1) is 0 Å². The summed E-state index contributed by atoms with van der Waals surface area (Å²) in [7, 11) is 0. The Kier molecular flexibility index (Phi) is 3.23. The van der Waals surface area contributed by atoms with Crippen LogP contribution in [0.1, 0.15) is 6.42 Å². The van der Waals surface area contributed by atoms with Gasteiger partial charge in [0.2, 0.25) is 0 Å². The van der Waals surface area contributed by atoms with Crippen LogP contribution in [0, 0.1) is 0 Å². The Morgan fingerprint density at radius 2 is 2.12 bits per heavy atom. The van der Waals surface area contributed by atoms with Gasteiger partial charge in [-0.3, -0.25) is 0 Å². The third-order valence-corrected chi connectivity index (χ3v) is 0.954. The van der Waals surface area contributed by atoms with Crippen molar-refractivity contribution in [2.75, 3.05) is 6.54 Å². The Morgan fingerprint density at radius 3 is 2.25 bits per heavy atom. The average molecular weight is 115 g/mol. The highest BCUT2D eigenvalue weighted by Gasteiger charge is 1.99. The van der Waals surface area contributed by atoms with E-state index in [1.807, 2.05) is 0 Å². The maximum Gasteiger partial charge on any atom is 0.0448 e. The quantitative estimate of drug-likeness (QED) is 0.447. The highest BCUT2D eigenvalue weighted by atomic mass is 14.7. The molecular weight excluding hydrogens is 102 g/mol. The van der Waals surface area contributed by atoms with Crippen LogP contribution >= 0.6 is 0 Å². The van der Waals surface area contributed by atoms with Crippen LogP contribution in [0.5, 0.6) is 0 Å². The fraction of sp³-hybridized carbons (Fsp3) is 0.600. The van der Waals surface area contributed by atoms with Crippen molar-refractivity contribution in [2.45, 2.75) is 12.5 Å². The monoisotopic (exact) mass is 115 g/mol. The Labute approximate surface area is 49.5 Å². The van der Waals surface area contributed by atoms with Gasteiger partial charge in [0.05, 0.1) is 0 Å². The summed E-state index contributed by atoms with van der Waals surface area (Å²) in [6.45, 7) is 4.04. The minimum atomic E-state index is -0.125. The summed E-state index contributed by atoms with van der Waals surface area (Å²) in [6, 6.07) is -0.125. The Hall–Kier alpha value is -0.540. The molecule has 0 aliphatic carbocycles. The molecule has 0 aromatic heterocycles. The SMILES string of the molecule is C=C(N)[C@@H](N)CCN. The van der Waals surface area contributed by atoms with Crippen LogP contribution in [0.3, 0.4) is 0 Å². The first-order valence-electron chi connectivity index (χ1n) is 2.58. The van der Waals surface area contributed by atoms with Gasteiger partial charge in [0.25, 0.3) is 0 Å². The van der Waals surface area contributed by atoms with Crippen molar-refractivity contribution in [3.8, 4) is 0 Å². The van der Waals surface area contributed by atoms with E-state index in [4.69, 9.17) is 17.2 Å². The lowest BCUT2D eigenvalue weighted by Crippen LogP contribution is -2.29. The highest BCUT2D eigenvalue weighted by molar-refractivity contribution is 4.97. The summed E-state index contributed by atoms with van der Waals surface area (Å²) in [5.41, 5.74) is 16.4. The molecule has 0 aliphatic heterocycles. The fourth-order valence-electron chi connectivity index (χ4n) is 0.365. The van der Waals surface area contributed by atoms with Crippen LogP contribution in [0.4, 0.5) is 0 Å². The molecule has 8 heavy (non-hydrogen) atoms. The van der Waals surface area contributed by atoms with Crippen molar-refractivity contribution in [1.29, 1.82) is 0 Å². The minimum Gasteiger partial charge on any atom is -0.401 e. The van der Waals surface area contributed by atoms with Gasteiger partial charge in [-0.2, -0.15) is 0 Å². The van der Waals surface area contributed by atoms with Gasteiger partial charge < -0.3 is 17.2 Å². The molecule has 0 fully saturated rings. The summed E-state index contributed by atoms with van der Waals surface area (Å²) < 4.78 is 0. The molecule has 0 aromatic rings. The van der Waals surface area contributed by atoms with Crippen molar-refractivity contribution < 1.29 is 0 Å². The zero-order valence-electron chi connectivity index (χ0n) is 4.93. The Morgan fingerprint density at radius 1 is 1.62 bits per heavy atom. The van der Waals surface area contributed by atoms with Crippen molar-refractivity contribution in [3.05, 3.63) is 12.3 Å². The van der Waals surface area contributed by atoms with Crippen molar-refractivity contribution in [3.63, 3.8) is 0 Å². The van der Waals surface area contributed by atoms with E-state index in [0.717, 1.165) is 6.42 Å². The molecule has 0 saturated carbocycles. The smallest absolute Gasteiger partial charge is 0.0448 e. The number of nitrogens with two attached hydrogens (primary N) is 3. The number of hydrogen-bond acceptors (Lipinski definition) is 3. The second-order valence-corrected chi connectivity index (χ2v) is 1.76. The normalized spacial score (nSPS) is 13.2. The molecule has 0 rings (SSSR count). The van der Waals surface area contributed by atoms with E-state index in [0.29, 0.717) is 12.2 Å². The highest BCUT2D eigenvalue weighted by Crippen LogP contribution is 1.90. The van der Waals surface area contributed by atoms with E-state index in [2.05, 4.69) is 6.58 Å². The van der Waals surface area contributed by atoms with E-state index >= 15 is 0 Å². The topological polar surface area (TPSA) is 78.1 Å². The van der Waals surface area contributed by atoms with E-state index in [1.54, 1.807) is 0 Å². The zero-order chi connectivity index (χ0) is 6.57. The summed E-state index contributed by atoms with van der Waals surface area (Å²) >= 11 is 0. The fourth-order valence-corrected chi connectivity index (χ4v) is 0.365. The third kappa shape index (κ3) is 2.60. The van der Waals surface area contributed by atoms with Crippen LogP contribution in [0.15, 0.2) is 12.3 Å². The van der Waals surface area contributed by atoms with E-state index in [1.165, 1.54) is 0 Å². The molecule has 0 radical (unpaired) electrons. The molecule has 3 heteroatoms. The molecule has 0 unspecified atom stereocenters. The largest absolute Gasteiger partial charge is 0.401 e. The van der Waals surface area contributed by atoms with Gasteiger partial charge >= 0.3 is 0 Å². The third-order valence-electron chi connectivity index (χ3n) is 0.954. The molecule has 48 valence electrons. The lowest BCUT2D eigenvalue weighted by Gasteiger charge is -2.07. The molecule has 6 N–H and O–H groups in total. The standard InChI is InChI=1S/C5H13N3/c1-4(7)5(8)2-3-6/h5H,1-3,6-8H2/t5-/m0/s1. The van der Waals surface area contributed by atoms with Crippen molar-refractivity contribution in [1.82, 2.24) is 0 Å². The summed E-state index contributed by atoms with van der Waals surface area (Å²) in [6.07, 6.45) is 0.718. The molecule has 0 heterocycles. The second kappa shape index (κ2) is 3.46. The predicted octanol–water partition coefficient (Wildman–Crippen LogP) is -0.865. The maximum absolute atomic E-state index is 5.42. The first-order valence-corrected chi connectivity index (χ1v) is 2.58. The Balaban J connectivity index is 3.32.